The van der Waals surface area contributed by atoms with Gasteiger partial charge in [-0.25, -0.2) is 4.98 Å². The van der Waals surface area contributed by atoms with Crippen molar-refractivity contribution in [3.05, 3.63) is 89.0 Å². The van der Waals surface area contributed by atoms with E-state index in [-0.39, 0.29) is 11.5 Å². The summed E-state index contributed by atoms with van der Waals surface area (Å²) in [6.45, 7) is 3.25. The molecule has 3 N–H and O–H groups in total. The summed E-state index contributed by atoms with van der Waals surface area (Å²) in [5, 5.41) is 5.86. The maximum absolute atomic E-state index is 12.7. The minimum Gasteiger partial charge on any atom is -0.361 e. The molecule has 0 bridgehead atoms. The Bertz CT molecular complexity index is 1630. The molecule has 1 aliphatic heterocycles. The molecule has 1 saturated heterocycles. The molecule has 1 fully saturated rings. The number of likely N-dealkylation sites (tertiary alicyclic amines) is 1. The van der Waals surface area contributed by atoms with E-state index in [2.05, 4.69) is 33.5 Å². The predicted octanol–water partition coefficient (Wildman–Crippen LogP) is 5.54. The van der Waals surface area contributed by atoms with E-state index in [0.29, 0.717) is 17.1 Å². The summed E-state index contributed by atoms with van der Waals surface area (Å²) in [5.41, 5.74) is 4.82. The Hall–Kier alpha value is -4.39. The lowest BCUT2D eigenvalue weighted by Gasteiger charge is -2.31. The normalized spacial score (nSPS) is 14.4. The Morgan fingerprint density at radius 1 is 0.944 bits per heavy atom. The van der Waals surface area contributed by atoms with E-state index in [1.165, 1.54) is 5.56 Å². The maximum atomic E-state index is 12.7. The number of aromatic amines is 2. The van der Waals surface area contributed by atoms with Gasteiger partial charge < -0.3 is 20.2 Å². The van der Waals surface area contributed by atoms with Crippen LogP contribution in [0.4, 0.5) is 11.5 Å². The van der Waals surface area contributed by atoms with Crippen LogP contribution in [0.3, 0.4) is 0 Å². The number of piperidine rings is 1. The third-order valence-corrected chi connectivity index (χ3v) is 7.19. The fraction of sp³-hybridized carbons (Fsp3) is 0.207. The lowest BCUT2D eigenvalue weighted by Crippen LogP contribution is -2.36. The maximum Gasteiger partial charge on any atom is 0.259 e. The standard InChI is InChI=1S/C29H27N5O2/c1-18(35)34-14-10-20(11-15-34)19-2-5-24(6-3-19)32-28-27-23(9-13-31-29(27)36)17-26(33-28)21-4-7-25-22(16-21)8-12-30-25/h2-9,12-13,16-17,20,30H,10-11,14-15H2,1H3,(H,31,36)(H,32,33). The highest BCUT2D eigenvalue weighted by molar-refractivity contribution is 5.96. The smallest absolute Gasteiger partial charge is 0.259 e. The topological polar surface area (TPSA) is 93.9 Å². The summed E-state index contributed by atoms with van der Waals surface area (Å²) < 4.78 is 0. The third kappa shape index (κ3) is 4.13. The summed E-state index contributed by atoms with van der Waals surface area (Å²) >= 11 is 0. The Balaban J connectivity index is 1.31. The Morgan fingerprint density at radius 2 is 1.69 bits per heavy atom. The van der Waals surface area contributed by atoms with Gasteiger partial charge in [-0.05, 0) is 72.2 Å². The number of anilines is 2. The average molecular weight is 478 g/mol. The van der Waals surface area contributed by atoms with E-state index in [9.17, 15) is 9.59 Å². The zero-order chi connectivity index (χ0) is 24.6. The second-order valence-corrected chi connectivity index (χ2v) is 9.43. The first-order valence-corrected chi connectivity index (χ1v) is 12.3. The van der Waals surface area contributed by atoms with Crippen LogP contribution >= 0.6 is 0 Å². The second-order valence-electron chi connectivity index (χ2n) is 9.43. The molecule has 0 spiro atoms. The van der Waals surface area contributed by atoms with Crippen molar-refractivity contribution in [3.63, 3.8) is 0 Å². The zero-order valence-corrected chi connectivity index (χ0v) is 20.0. The first-order valence-electron chi connectivity index (χ1n) is 12.3. The van der Waals surface area contributed by atoms with Crippen molar-refractivity contribution >= 4 is 39.1 Å². The molecule has 0 unspecified atom stereocenters. The van der Waals surface area contributed by atoms with Crippen LogP contribution in [0.15, 0.2) is 77.9 Å². The van der Waals surface area contributed by atoms with Crippen molar-refractivity contribution in [2.75, 3.05) is 18.4 Å². The largest absolute Gasteiger partial charge is 0.361 e. The molecule has 3 aromatic heterocycles. The zero-order valence-electron chi connectivity index (χ0n) is 20.0. The summed E-state index contributed by atoms with van der Waals surface area (Å²) in [7, 11) is 0. The van der Waals surface area contributed by atoms with E-state index >= 15 is 0 Å². The highest BCUT2D eigenvalue weighted by atomic mass is 16.2. The van der Waals surface area contributed by atoms with Gasteiger partial charge in [0.1, 0.15) is 5.82 Å². The molecular weight excluding hydrogens is 450 g/mol. The van der Waals surface area contributed by atoms with Crippen LogP contribution in [-0.4, -0.2) is 38.8 Å². The van der Waals surface area contributed by atoms with Crippen LogP contribution in [0.5, 0.6) is 0 Å². The quantitative estimate of drug-likeness (QED) is 0.317. The highest BCUT2D eigenvalue weighted by Crippen LogP contribution is 2.32. The Morgan fingerprint density at radius 3 is 2.47 bits per heavy atom. The van der Waals surface area contributed by atoms with Crippen molar-refractivity contribution in [1.82, 2.24) is 19.9 Å². The van der Waals surface area contributed by atoms with Gasteiger partial charge in [-0.1, -0.05) is 18.2 Å². The van der Waals surface area contributed by atoms with Gasteiger partial charge in [0, 0.05) is 54.6 Å². The number of fused-ring (bicyclic) bond motifs is 2. The molecule has 0 saturated carbocycles. The van der Waals surface area contributed by atoms with Crippen LogP contribution < -0.4 is 10.9 Å². The molecule has 1 amide bonds. The first kappa shape index (κ1) is 22.1. The molecule has 0 aliphatic carbocycles. The van der Waals surface area contributed by atoms with Gasteiger partial charge in [0.15, 0.2) is 0 Å². The monoisotopic (exact) mass is 477 g/mol. The molecule has 0 atom stereocenters. The molecule has 1 aliphatic rings. The van der Waals surface area contributed by atoms with Gasteiger partial charge in [-0.3, -0.25) is 9.59 Å². The Labute approximate surface area is 208 Å². The van der Waals surface area contributed by atoms with Crippen LogP contribution in [-0.2, 0) is 4.79 Å². The fourth-order valence-electron chi connectivity index (χ4n) is 5.17. The van der Waals surface area contributed by atoms with Gasteiger partial charge in [0.25, 0.3) is 5.56 Å². The summed E-state index contributed by atoms with van der Waals surface area (Å²) in [6, 6.07) is 20.4. The first-order chi connectivity index (χ1) is 17.5. The number of hydrogen-bond donors (Lipinski definition) is 3. The number of pyridine rings is 2. The van der Waals surface area contributed by atoms with Gasteiger partial charge in [-0.2, -0.15) is 0 Å². The molecular formula is C29H27N5O2. The summed E-state index contributed by atoms with van der Waals surface area (Å²) in [6.07, 6.45) is 5.54. The van der Waals surface area contributed by atoms with E-state index in [0.717, 1.165) is 59.2 Å². The molecule has 7 nitrogen and oxygen atoms in total. The van der Waals surface area contributed by atoms with Gasteiger partial charge in [0.05, 0.1) is 11.1 Å². The van der Waals surface area contributed by atoms with E-state index < -0.39 is 0 Å². The third-order valence-electron chi connectivity index (χ3n) is 7.19. The molecule has 6 rings (SSSR count). The average Bonchev–Trinajstić information content (AvgIpc) is 3.37. The number of nitrogens with one attached hydrogen (secondary N) is 3. The van der Waals surface area contributed by atoms with Crippen molar-refractivity contribution in [1.29, 1.82) is 0 Å². The molecule has 0 radical (unpaired) electrons. The second kappa shape index (κ2) is 9.00. The number of rotatable bonds is 4. The van der Waals surface area contributed by atoms with Crippen molar-refractivity contribution < 1.29 is 4.79 Å². The van der Waals surface area contributed by atoms with Crippen LogP contribution in [0.25, 0.3) is 32.9 Å². The van der Waals surface area contributed by atoms with E-state index in [1.807, 2.05) is 53.6 Å². The molecule has 180 valence electrons. The van der Waals surface area contributed by atoms with Crippen LogP contribution in [0.2, 0.25) is 0 Å². The molecule has 2 aromatic carbocycles. The van der Waals surface area contributed by atoms with Crippen molar-refractivity contribution in [2.24, 2.45) is 0 Å². The van der Waals surface area contributed by atoms with Gasteiger partial charge >= 0.3 is 0 Å². The number of amides is 1. The number of aromatic nitrogens is 3. The lowest BCUT2D eigenvalue weighted by molar-refractivity contribution is -0.129. The SMILES string of the molecule is CC(=O)N1CCC(c2ccc(Nc3nc(-c4ccc5[nH]ccc5c4)cc4cc[nH]c(=O)c34)cc2)CC1. The van der Waals surface area contributed by atoms with Crippen molar-refractivity contribution in [2.45, 2.75) is 25.7 Å². The fourth-order valence-corrected chi connectivity index (χ4v) is 5.17. The molecule has 7 heteroatoms. The number of benzene rings is 2. The molecule has 4 heterocycles. The Kier molecular flexibility index (Phi) is 5.52. The number of H-pyrrole nitrogens is 2. The lowest BCUT2D eigenvalue weighted by atomic mass is 9.89. The molecule has 36 heavy (non-hydrogen) atoms. The molecule has 5 aromatic rings. The summed E-state index contributed by atoms with van der Waals surface area (Å²) in [4.78, 5) is 37.2. The minimum atomic E-state index is -0.177. The number of nitrogens with zero attached hydrogens (tertiary/aromatic N) is 2. The van der Waals surface area contributed by atoms with Gasteiger partial charge in [0.2, 0.25) is 5.91 Å². The van der Waals surface area contributed by atoms with E-state index in [4.69, 9.17) is 4.98 Å². The van der Waals surface area contributed by atoms with Crippen LogP contribution in [0, 0.1) is 0 Å². The minimum absolute atomic E-state index is 0.151. The van der Waals surface area contributed by atoms with Gasteiger partial charge in [-0.15, -0.1) is 0 Å². The summed E-state index contributed by atoms with van der Waals surface area (Å²) in [5.74, 6) is 1.13. The van der Waals surface area contributed by atoms with Crippen LogP contribution in [0.1, 0.15) is 31.2 Å². The number of carbonyl (C=O) groups is 1. The highest BCUT2D eigenvalue weighted by Gasteiger charge is 2.22. The van der Waals surface area contributed by atoms with Crippen molar-refractivity contribution in [3.8, 4) is 11.3 Å². The number of hydrogen-bond acceptors (Lipinski definition) is 4. The van der Waals surface area contributed by atoms with E-state index in [1.54, 1.807) is 13.1 Å². The number of carbonyl (C=O) groups excluding carboxylic acids is 1. The predicted molar refractivity (Wildman–Crippen MR) is 144 cm³/mol.